The molecule has 5 rings (SSSR count). The van der Waals surface area contributed by atoms with Crippen molar-refractivity contribution in [1.82, 2.24) is 9.55 Å². The van der Waals surface area contributed by atoms with Gasteiger partial charge in [-0.05, 0) is 37.1 Å². The fraction of sp³-hybridized carbons (Fsp3) is 0.286. The van der Waals surface area contributed by atoms with Crippen LogP contribution in [0.3, 0.4) is 0 Å². The molecular weight excluding hydrogens is 360 g/mol. The molecule has 7 nitrogen and oxygen atoms in total. The fourth-order valence-electron chi connectivity index (χ4n) is 4.24. The van der Waals surface area contributed by atoms with Crippen LogP contribution in [0.1, 0.15) is 35.6 Å². The van der Waals surface area contributed by atoms with Crippen LogP contribution in [0.2, 0.25) is 0 Å². The van der Waals surface area contributed by atoms with Gasteiger partial charge in [0.05, 0.1) is 29.0 Å². The number of carbonyl (C=O) groups is 1. The van der Waals surface area contributed by atoms with Crippen molar-refractivity contribution in [2.75, 3.05) is 0 Å². The molecule has 2 aliphatic heterocycles. The number of aryl methyl sites for hydroxylation is 1. The molecule has 1 aromatic carbocycles. The zero-order valence-corrected chi connectivity index (χ0v) is 15.4. The van der Waals surface area contributed by atoms with Gasteiger partial charge < -0.3 is 19.5 Å². The van der Waals surface area contributed by atoms with Gasteiger partial charge in [0.2, 0.25) is 0 Å². The molecule has 1 atom stereocenters. The predicted octanol–water partition coefficient (Wildman–Crippen LogP) is 2.09. The molecule has 2 N–H and O–H groups in total. The SMILES string of the molecule is CCC1(O)C(=O)OCc2c1cc1n(c2=O)Cc2cc3c(C)cc(O)cc3nc2-1. The Kier molecular flexibility index (Phi) is 3.28. The highest BCUT2D eigenvalue weighted by Gasteiger charge is 2.45. The molecule has 4 heterocycles. The molecule has 0 saturated carbocycles. The number of benzene rings is 1. The van der Waals surface area contributed by atoms with E-state index in [4.69, 9.17) is 4.74 Å². The third-order valence-corrected chi connectivity index (χ3v) is 5.82. The minimum absolute atomic E-state index is 0.104. The van der Waals surface area contributed by atoms with Gasteiger partial charge in [0.1, 0.15) is 12.4 Å². The molecule has 142 valence electrons. The lowest BCUT2D eigenvalue weighted by atomic mass is 9.86. The number of esters is 1. The van der Waals surface area contributed by atoms with Crippen molar-refractivity contribution < 1.29 is 19.7 Å². The summed E-state index contributed by atoms with van der Waals surface area (Å²) < 4.78 is 6.67. The molecule has 0 spiro atoms. The van der Waals surface area contributed by atoms with Crippen LogP contribution in [0.5, 0.6) is 5.75 Å². The molecule has 2 aliphatic rings. The monoisotopic (exact) mass is 378 g/mol. The largest absolute Gasteiger partial charge is 0.508 e. The van der Waals surface area contributed by atoms with Crippen molar-refractivity contribution in [2.24, 2.45) is 0 Å². The van der Waals surface area contributed by atoms with Gasteiger partial charge in [0.15, 0.2) is 5.60 Å². The molecular formula is C21H18N2O5. The van der Waals surface area contributed by atoms with Gasteiger partial charge in [-0.25, -0.2) is 9.78 Å². The Bertz CT molecular complexity index is 1260. The molecule has 3 aromatic rings. The molecule has 0 fully saturated rings. The summed E-state index contributed by atoms with van der Waals surface area (Å²) in [5, 5.41) is 21.7. The molecule has 0 saturated heterocycles. The first kappa shape index (κ1) is 16.9. The maximum atomic E-state index is 13.1. The van der Waals surface area contributed by atoms with E-state index in [0.29, 0.717) is 34.6 Å². The number of nitrogens with zero attached hydrogens (tertiary/aromatic N) is 2. The van der Waals surface area contributed by atoms with Gasteiger partial charge >= 0.3 is 5.97 Å². The highest BCUT2D eigenvalue weighted by molar-refractivity contribution is 5.88. The first-order chi connectivity index (χ1) is 13.3. The number of aromatic nitrogens is 2. The van der Waals surface area contributed by atoms with Crippen LogP contribution < -0.4 is 5.56 Å². The van der Waals surface area contributed by atoms with Crippen LogP contribution in [-0.2, 0) is 28.3 Å². The number of carbonyl (C=O) groups excluding carboxylic acids is 1. The van der Waals surface area contributed by atoms with E-state index in [1.54, 1.807) is 29.7 Å². The van der Waals surface area contributed by atoms with Crippen molar-refractivity contribution in [3.8, 4) is 17.1 Å². The lowest BCUT2D eigenvalue weighted by Crippen LogP contribution is -2.44. The highest BCUT2D eigenvalue weighted by Crippen LogP contribution is 2.39. The van der Waals surface area contributed by atoms with E-state index in [-0.39, 0.29) is 24.3 Å². The Balaban J connectivity index is 1.81. The number of aromatic hydroxyl groups is 1. The van der Waals surface area contributed by atoms with Crippen LogP contribution in [0, 0.1) is 6.92 Å². The molecule has 0 bridgehead atoms. The van der Waals surface area contributed by atoms with Crippen molar-refractivity contribution in [1.29, 1.82) is 0 Å². The Hall–Kier alpha value is -3.19. The number of fused-ring (bicyclic) bond motifs is 5. The van der Waals surface area contributed by atoms with E-state index in [9.17, 15) is 19.8 Å². The van der Waals surface area contributed by atoms with Crippen molar-refractivity contribution in [3.63, 3.8) is 0 Å². The van der Waals surface area contributed by atoms with Gasteiger partial charge in [-0.1, -0.05) is 6.92 Å². The van der Waals surface area contributed by atoms with E-state index >= 15 is 0 Å². The standard InChI is InChI=1S/C21H18N2O5/c1-3-21(27)15-7-17-18-11(5-13-10(2)4-12(24)6-16(13)22-18)8-23(17)19(25)14(15)9-28-20(21)26/h4-7,24,27H,3,8-9H2,1-2H3. The van der Waals surface area contributed by atoms with Crippen LogP contribution >= 0.6 is 0 Å². The summed E-state index contributed by atoms with van der Waals surface area (Å²) in [5.41, 5.74) is 2.06. The number of hydrogen-bond donors (Lipinski definition) is 2. The molecule has 0 aliphatic carbocycles. The summed E-state index contributed by atoms with van der Waals surface area (Å²) in [6.07, 6.45) is 0.104. The second kappa shape index (κ2) is 5.42. The topological polar surface area (TPSA) is 102 Å². The number of cyclic esters (lactones) is 1. The van der Waals surface area contributed by atoms with E-state index in [1.807, 2.05) is 13.0 Å². The molecule has 28 heavy (non-hydrogen) atoms. The van der Waals surface area contributed by atoms with Gasteiger partial charge in [0.25, 0.3) is 5.56 Å². The third kappa shape index (κ3) is 2.05. The Morgan fingerprint density at radius 2 is 2.04 bits per heavy atom. The lowest BCUT2D eigenvalue weighted by Gasteiger charge is -2.31. The van der Waals surface area contributed by atoms with Crippen LogP contribution in [0.25, 0.3) is 22.3 Å². The Labute approximate surface area is 159 Å². The first-order valence-corrected chi connectivity index (χ1v) is 9.14. The summed E-state index contributed by atoms with van der Waals surface area (Å²) in [4.78, 5) is 30.0. The molecule has 0 radical (unpaired) electrons. The zero-order chi connectivity index (χ0) is 19.8. The Morgan fingerprint density at radius 1 is 1.25 bits per heavy atom. The molecule has 7 heteroatoms. The quantitative estimate of drug-likeness (QED) is 0.492. The predicted molar refractivity (Wildman–Crippen MR) is 101 cm³/mol. The Morgan fingerprint density at radius 3 is 2.79 bits per heavy atom. The third-order valence-electron chi connectivity index (χ3n) is 5.82. The molecule has 0 amide bonds. The number of pyridine rings is 2. The van der Waals surface area contributed by atoms with E-state index < -0.39 is 11.6 Å². The van der Waals surface area contributed by atoms with Crippen LogP contribution in [-0.4, -0.2) is 25.7 Å². The molecule has 2 aromatic heterocycles. The van der Waals surface area contributed by atoms with Gasteiger partial charge in [0, 0.05) is 22.6 Å². The summed E-state index contributed by atoms with van der Waals surface area (Å²) in [5.74, 6) is -0.613. The fourth-order valence-corrected chi connectivity index (χ4v) is 4.24. The number of ether oxygens (including phenoxy) is 1. The van der Waals surface area contributed by atoms with Crippen LogP contribution in [0.15, 0.2) is 29.1 Å². The van der Waals surface area contributed by atoms with Crippen molar-refractivity contribution >= 4 is 16.9 Å². The van der Waals surface area contributed by atoms with E-state index in [1.165, 1.54) is 0 Å². The van der Waals surface area contributed by atoms with E-state index in [2.05, 4.69) is 4.98 Å². The number of rotatable bonds is 1. The first-order valence-electron chi connectivity index (χ1n) is 9.14. The minimum Gasteiger partial charge on any atom is -0.508 e. The second-order valence-corrected chi connectivity index (χ2v) is 7.43. The maximum Gasteiger partial charge on any atom is 0.343 e. The summed E-state index contributed by atoms with van der Waals surface area (Å²) in [6, 6.07) is 6.92. The van der Waals surface area contributed by atoms with Gasteiger partial charge in [-0.15, -0.1) is 0 Å². The van der Waals surface area contributed by atoms with Crippen molar-refractivity contribution in [3.05, 3.63) is 56.9 Å². The average Bonchev–Trinajstić information content (AvgIpc) is 3.02. The summed E-state index contributed by atoms with van der Waals surface area (Å²) in [7, 11) is 0. The van der Waals surface area contributed by atoms with Crippen molar-refractivity contribution in [2.45, 2.75) is 39.0 Å². The summed E-state index contributed by atoms with van der Waals surface area (Å²) >= 11 is 0. The number of phenolic OH excluding ortho intramolecular Hbond substituents is 1. The number of aliphatic hydroxyl groups is 1. The lowest BCUT2D eigenvalue weighted by molar-refractivity contribution is -0.172. The van der Waals surface area contributed by atoms with Gasteiger partial charge in [-0.2, -0.15) is 0 Å². The summed E-state index contributed by atoms with van der Waals surface area (Å²) in [6.45, 7) is 3.78. The number of phenols is 1. The number of hydrogen-bond acceptors (Lipinski definition) is 6. The maximum absolute atomic E-state index is 13.1. The highest BCUT2D eigenvalue weighted by atomic mass is 16.6. The average molecular weight is 378 g/mol. The molecule has 1 unspecified atom stereocenters. The van der Waals surface area contributed by atoms with E-state index in [0.717, 1.165) is 16.5 Å². The van der Waals surface area contributed by atoms with Crippen LogP contribution in [0.4, 0.5) is 0 Å². The zero-order valence-electron chi connectivity index (χ0n) is 15.4. The smallest absolute Gasteiger partial charge is 0.343 e. The normalized spacial score (nSPS) is 19.9. The second-order valence-electron chi connectivity index (χ2n) is 7.43. The minimum atomic E-state index is -1.84. The van der Waals surface area contributed by atoms with Gasteiger partial charge in [-0.3, -0.25) is 4.79 Å².